The normalized spacial score (nSPS) is 12.3. The highest BCUT2D eigenvalue weighted by atomic mass is 79.9. The molecular formula is C13H17BrF3NO5. The molecule has 0 aromatic carbocycles. The van der Waals surface area contributed by atoms with E-state index in [2.05, 4.69) is 31.9 Å². The van der Waals surface area contributed by atoms with Crippen LogP contribution in [0.1, 0.15) is 6.42 Å². The minimum Gasteiger partial charge on any atom is -0.454 e. The molecule has 0 rings (SSSR count). The summed E-state index contributed by atoms with van der Waals surface area (Å²) in [5.74, 6) is 0.887. The molecule has 1 amide bonds. The van der Waals surface area contributed by atoms with Gasteiger partial charge in [-0.3, -0.25) is 4.79 Å². The highest BCUT2D eigenvalue weighted by molar-refractivity contribution is 9.09. The van der Waals surface area contributed by atoms with Gasteiger partial charge in [-0.15, -0.1) is 12.3 Å². The Bertz CT molecular complexity index is 411. The van der Waals surface area contributed by atoms with Crippen molar-refractivity contribution in [3.8, 4) is 12.3 Å². The molecule has 0 saturated heterocycles. The van der Waals surface area contributed by atoms with Crippen LogP contribution in [0.15, 0.2) is 0 Å². The molecule has 0 spiro atoms. The van der Waals surface area contributed by atoms with Crippen LogP contribution in [-0.2, 0) is 23.8 Å². The predicted molar refractivity (Wildman–Crippen MR) is 77.8 cm³/mol. The molecule has 1 N–H and O–H groups in total. The van der Waals surface area contributed by atoms with E-state index in [1.165, 1.54) is 0 Å². The first-order valence-electron chi connectivity index (χ1n) is 6.45. The number of rotatable bonds is 11. The van der Waals surface area contributed by atoms with Gasteiger partial charge < -0.3 is 19.5 Å². The highest BCUT2D eigenvalue weighted by Crippen LogP contribution is 2.14. The molecule has 0 aromatic heterocycles. The average Bonchev–Trinajstić information content (AvgIpc) is 2.48. The predicted octanol–water partition coefficient (Wildman–Crippen LogP) is 1.03. The van der Waals surface area contributed by atoms with Gasteiger partial charge in [0, 0.05) is 6.42 Å². The van der Waals surface area contributed by atoms with Crippen molar-refractivity contribution >= 4 is 27.8 Å². The zero-order valence-electron chi connectivity index (χ0n) is 12.2. The van der Waals surface area contributed by atoms with Crippen molar-refractivity contribution < 1.29 is 37.0 Å². The second-order valence-corrected chi connectivity index (χ2v) is 4.78. The Labute approximate surface area is 140 Å². The van der Waals surface area contributed by atoms with Crippen LogP contribution in [0.2, 0.25) is 0 Å². The van der Waals surface area contributed by atoms with Gasteiger partial charge in [0.1, 0.15) is 6.61 Å². The molecule has 132 valence electrons. The molecule has 0 aromatic rings. The first-order chi connectivity index (χ1) is 10.8. The van der Waals surface area contributed by atoms with Crippen LogP contribution in [0.4, 0.5) is 13.2 Å². The van der Waals surface area contributed by atoms with E-state index in [9.17, 15) is 22.8 Å². The Kier molecular flexibility index (Phi) is 11.5. The van der Waals surface area contributed by atoms with E-state index < -0.39 is 31.4 Å². The van der Waals surface area contributed by atoms with E-state index >= 15 is 0 Å². The van der Waals surface area contributed by atoms with Crippen LogP contribution in [0.25, 0.3) is 0 Å². The third kappa shape index (κ3) is 14.0. The van der Waals surface area contributed by atoms with Crippen LogP contribution in [0, 0.1) is 12.3 Å². The van der Waals surface area contributed by atoms with E-state index in [-0.39, 0.29) is 31.1 Å². The lowest BCUT2D eigenvalue weighted by Crippen LogP contribution is -2.42. The van der Waals surface area contributed by atoms with Gasteiger partial charge in [0.15, 0.2) is 6.61 Å². The maximum atomic E-state index is 11.9. The number of terminal acetylenes is 1. The Balaban J connectivity index is 4.09. The Hall–Kier alpha value is -1.31. The molecule has 0 fully saturated rings. The maximum Gasteiger partial charge on any atom is 0.422 e. The summed E-state index contributed by atoms with van der Waals surface area (Å²) in [7, 11) is 0. The largest absolute Gasteiger partial charge is 0.454 e. The quantitative estimate of drug-likeness (QED) is 0.241. The van der Waals surface area contributed by atoms with E-state index in [0.717, 1.165) is 0 Å². The molecule has 0 heterocycles. The van der Waals surface area contributed by atoms with Crippen molar-refractivity contribution in [3.63, 3.8) is 0 Å². The van der Waals surface area contributed by atoms with Gasteiger partial charge in [0.25, 0.3) is 0 Å². The topological polar surface area (TPSA) is 73.9 Å². The van der Waals surface area contributed by atoms with E-state index in [4.69, 9.17) is 15.9 Å². The van der Waals surface area contributed by atoms with Gasteiger partial charge in [-0.2, -0.15) is 13.2 Å². The number of esters is 1. The lowest BCUT2D eigenvalue weighted by molar-refractivity contribution is -0.189. The number of carbonyl (C=O) groups excluding carboxylic acids is 2. The first kappa shape index (κ1) is 21.7. The van der Waals surface area contributed by atoms with Gasteiger partial charge in [0.05, 0.1) is 31.2 Å². The summed E-state index contributed by atoms with van der Waals surface area (Å²) in [4.78, 5) is 22.4. The van der Waals surface area contributed by atoms with Crippen molar-refractivity contribution in [1.82, 2.24) is 5.32 Å². The van der Waals surface area contributed by atoms with E-state index in [1.54, 1.807) is 0 Å². The van der Waals surface area contributed by atoms with Crippen molar-refractivity contribution in [1.29, 1.82) is 0 Å². The molecule has 0 saturated carbocycles. The number of ether oxygens (including phenoxy) is 3. The number of amides is 1. The minimum atomic E-state index is -4.59. The van der Waals surface area contributed by atoms with Gasteiger partial charge >= 0.3 is 12.1 Å². The van der Waals surface area contributed by atoms with Crippen molar-refractivity contribution in [2.45, 2.75) is 18.6 Å². The fourth-order valence-electron chi connectivity index (χ4n) is 1.24. The van der Waals surface area contributed by atoms with Crippen LogP contribution < -0.4 is 5.32 Å². The lowest BCUT2D eigenvalue weighted by Gasteiger charge is -2.18. The van der Waals surface area contributed by atoms with Crippen LogP contribution in [0.5, 0.6) is 0 Å². The number of hydrogen-bond donors (Lipinski definition) is 1. The molecule has 6 nitrogen and oxygen atoms in total. The molecule has 0 aliphatic carbocycles. The van der Waals surface area contributed by atoms with E-state index in [1.807, 2.05) is 0 Å². The van der Waals surface area contributed by atoms with Gasteiger partial charge in [-0.1, -0.05) is 15.9 Å². The first-order valence-corrected chi connectivity index (χ1v) is 7.57. The smallest absolute Gasteiger partial charge is 0.422 e. The summed E-state index contributed by atoms with van der Waals surface area (Å²) in [5, 5.41) is 2.61. The fraction of sp³-hybridized carbons (Fsp3) is 0.692. The molecule has 1 atom stereocenters. The SMILES string of the molecule is C#CCCOCC(COCC(=O)OCC(F)(F)F)NC(=O)CBr. The summed E-state index contributed by atoms with van der Waals surface area (Å²) in [6, 6.07) is -0.576. The van der Waals surface area contributed by atoms with Crippen molar-refractivity contribution in [3.05, 3.63) is 0 Å². The molecule has 23 heavy (non-hydrogen) atoms. The standard InChI is InChI=1S/C13H17BrF3NO5/c1-2-3-4-21-6-10(18-11(19)5-14)7-22-8-12(20)23-9-13(15,16)17/h1,10H,3-9H2,(H,18,19). The fourth-order valence-corrected chi connectivity index (χ4v) is 1.40. The van der Waals surface area contributed by atoms with Crippen LogP contribution in [0.3, 0.4) is 0 Å². The summed E-state index contributed by atoms with van der Waals surface area (Å²) >= 11 is 2.97. The van der Waals surface area contributed by atoms with Crippen LogP contribution in [-0.4, -0.2) is 62.5 Å². The second kappa shape index (κ2) is 12.2. The number of nitrogens with one attached hydrogen (secondary N) is 1. The second-order valence-electron chi connectivity index (χ2n) is 4.22. The number of hydrogen-bond acceptors (Lipinski definition) is 5. The number of alkyl halides is 4. The van der Waals surface area contributed by atoms with E-state index in [0.29, 0.717) is 6.42 Å². The minimum absolute atomic E-state index is 0.0570. The monoisotopic (exact) mass is 403 g/mol. The van der Waals surface area contributed by atoms with Gasteiger partial charge in [0.2, 0.25) is 5.91 Å². The Morgan fingerprint density at radius 1 is 1.26 bits per heavy atom. The van der Waals surface area contributed by atoms with Gasteiger partial charge in [-0.25, -0.2) is 4.79 Å². The maximum absolute atomic E-state index is 11.9. The molecule has 1 unspecified atom stereocenters. The van der Waals surface area contributed by atoms with Crippen molar-refractivity contribution in [2.24, 2.45) is 0 Å². The summed E-state index contributed by atoms with van der Waals surface area (Å²) in [6.07, 6.45) is 0.860. The molecule has 10 heteroatoms. The lowest BCUT2D eigenvalue weighted by atomic mass is 10.3. The Morgan fingerprint density at radius 2 is 1.91 bits per heavy atom. The van der Waals surface area contributed by atoms with Crippen molar-refractivity contribution in [2.75, 3.05) is 38.4 Å². The average molecular weight is 404 g/mol. The molecular weight excluding hydrogens is 387 g/mol. The third-order valence-corrected chi connectivity index (χ3v) is 2.64. The van der Waals surface area contributed by atoms with Gasteiger partial charge in [-0.05, 0) is 0 Å². The molecule has 0 radical (unpaired) electrons. The molecule has 0 bridgehead atoms. The van der Waals surface area contributed by atoms with Crippen LogP contribution >= 0.6 is 15.9 Å². The number of halogens is 4. The molecule has 0 aliphatic heterocycles. The molecule has 0 aliphatic rings. The third-order valence-electron chi connectivity index (χ3n) is 2.13. The zero-order chi connectivity index (χ0) is 17.7. The summed E-state index contributed by atoms with van der Waals surface area (Å²) in [6.45, 7) is -2.10. The zero-order valence-corrected chi connectivity index (χ0v) is 13.7. The number of carbonyl (C=O) groups is 2. The summed E-state index contributed by atoms with van der Waals surface area (Å²) in [5.41, 5.74) is 0. The summed E-state index contributed by atoms with van der Waals surface area (Å²) < 4.78 is 49.7. The highest BCUT2D eigenvalue weighted by Gasteiger charge is 2.29. The Morgan fingerprint density at radius 3 is 2.48 bits per heavy atom.